The van der Waals surface area contributed by atoms with Crippen LogP contribution in [0.25, 0.3) is 0 Å². The van der Waals surface area contributed by atoms with Crippen LogP contribution in [0.15, 0.2) is 12.1 Å². The van der Waals surface area contributed by atoms with Crippen molar-refractivity contribution in [3.05, 3.63) is 28.8 Å². The Morgan fingerprint density at radius 2 is 1.80 bits per heavy atom. The summed E-state index contributed by atoms with van der Waals surface area (Å²) in [6, 6.07) is 3.95. The first-order chi connectivity index (χ1) is 6.99. The van der Waals surface area contributed by atoms with Crippen LogP contribution >= 0.6 is 0 Å². The molecule has 0 aliphatic carbocycles. The molecule has 0 unspecified atom stereocenters. The molecule has 0 bridgehead atoms. The standard InChI is InChI=1S/C12H17NO2/c1-8-6-7-11(10(3)9(8)2)13(4)12(14)15-5/h6-7H,1-5H3. The minimum atomic E-state index is -0.346. The summed E-state index contributed by atoms with van der Waals surface area (Å²) in [7, 11) is 3.10. The molecule has 0 aliphatic heterocycles. The van der Waals surface area contributed by atoms with Gasteiger partial charge in [-0.2, -0.15) is 0 Å². The van der Waals surface area contributed by atoms with Crippen molar-refractivity contribution in [2.75, 3.05) is 19.1 Å². The quantitative estimate of drug-likeness (QED) is 0.708. The molecular weight excluding hydrogens is 190 g/mol. The van der Waals surface area contributed by atoms with Crippen molar-refractivity contribution < 1.29 is 9.53 Å². The molecule has 1 amide bonds. The molecule has 82 valence electrons. The zero-order valence-electron chi connectivity index (χ0n) is 9.92. The fourth-order valence-corrected chi connectivity index (χ4v) is 1.54. The van der Waals surface area contributed by atoms with E-state index in [0.29, 0.717) is 0 Å². The molecule has 1 rings (SSSR count). The van der Waals surface area contributed by atoms with E-state index in [2.05, 4.69) is 18.6 Å². The molecule has 0 atom stereocenters. The highest BCUT2D eigenvalue weighted by Gasteiger charge is 2.14. The van der Waals surface area contributed by atoms with Gasteiger partial charge in [0.2, 0.25) is 0 Å². The van der Waals surface area contributed by atoms with E-state index in [4.69, 9.17) is 0 Å². The number of rotatable bonds is 1. The molecule has 1 aromatic carbocycles. The predicted octanol–water partition coefficient (Wildman–Crippen LogP) is 2.81. The Hall–Kier alpha value is -1.51. The van der Waals surface area contributed by atoms with Gasteiger partial charge in [-0.05, 0) is 43.5 Å². The fraction of sp³-hybridized carbons (Fsp3) is 0.417. The van der Waals surface area contributed by atoms with Crippen LogP contribution in [0.1, 0.15) is 16.7 Å². The van der Waals surface area contributed by atoms with Gasteiger partial charge in [0.25, 0.3) is 0 Å². The van der Waals surface area contributed by atoms with Crippen LogP contribution in [0.5, 0.6) is 0 Å². The molecule has 15 heavy (non-hydrogen) atoms. The summed E-state index contributed by atoms with van der Waals surface area (Å²) in [5.41, 5.74) is 4.45. The molecule has 0 radical (unpaired) electrons. The number of aryl methyl sites for hydroxylation is 1. The molecule has 0 fully saturated rings. The monoisotopic (exact) mass is 207 g/mol. The Labute approximate surface area is 90.7 Å². The SMILES string of the molecule is COC(=O)N(C)c1ccc(C)c(C)c1C. The molecule has 0 heterocycles. The lowest BCUT2D eigenvalue weighted by atomic mass is 10.0. The van der Waals surface area contributed by atoms with Gasteiger partial charge in [0, 0.05) is 12.7 Å². The summed E-state index contributed by atoms with van der Waals surface area (Å²) in [6.45, 7) is 6.13. The average Bonchev–Trinajstić information content (AvgIpc) is 2.24. The highest BCUT2D eigenvalue weighted by Crippen LogP contribution is 2.24. The summed E-state index contributed by atoms with van der Waals surface area (Å²) in [4.78, 5) is 12.9. The summed E-state index contributed by atoms with van der Waals surface area (Å²) < 4.78 is 4.68. The van der Waals surface area contributed by atoms with E-state index in [9.17, 15) is 4.79 Å². The molecule has 0 aromatic heterocycles. The number of hydrogen-bond acceptors (Lipinski definition) is 2. The zero-order chi connectivity index (χ0) is 11.6. The second-order valence-corrected chi connectivity index (χ2v) is 3.68. The predicted molar refractivity (Wildman–Crippen MR) is 61.5 cm³/mol. The van der Waals surface area contributed by atoms with Gasteiger partial charge in [0.15, 0.2) is 0 Å². The third kappa shape index (κ3) is 2.12. The number of nitrogens with zero attached hydrogens (tertiary/aromatic N) is 1. The lowest BCUT2D eigenvalue weighted by Gasteiger charge is -2.20. The Balaban J connectivity index is 3.16. The molecule has 0 spiro atoms. The Morgan fingerprint density at radius 1 is 1.20 bits per heavy atom. The molecule has 1 aromatic rings. The van der Waals surface area contributed by atoms with Gasteiger partial charge in [-0.1, -0.05) is 6.07 Å². The number of benzene rings is 1. The third-order valence-corrected chi connectivity index (χ3v) is 2.84. The van der Waals surface area contributed by atoms with Gasteiger partial charge in [-0.25, -0.2) is 4.79 Å². The minimum absolute atomic E-state index is 0.346. The van der Waals surface area contributed by atoms with Gasteiger partial charge in [0.05, 0.1) is 7.11 Å². The number of carbonyl (C=O) groups is 1. The maximum absolute atomic E-state index is 11.4. The summed E-state index contributed by atoms with van der Waals surface area (Å²) in [5.74, 6) is 0. The van der Waals surface area contributed by atoms with Gasteiger partial charge in [-0.3, -0.25) is 4.90 Å². The highest BCUT2D eigenvalue weighted by molar-refractivity contribution is 5.88. The lowest BCUT2D eigenvalue weighted by molar-refractivity contribution is 0.180. The molecule has 3 nitrogen and oxygen atoms in total. The molecule has 0 saturated heterocycles. The van der Waals surface area contributed by atoms with Crippen LogP contribution in [0, 0.1) is 20.8 Å². The fourth-order valence-electron chi connectivity index (χ4n) is 1.54. The van der Waals surface area contributed by atoms with E-state index < -0.39 is 0 Å². The maximum Gasteiger partial charge on any atom is 0.413 e. The van der Waals surface area contributed by atoms with E-state index >= 15 is 0 Å². The van der Waals surface area contributed by atoms with E-state index in [-0.39, 0.29) is 6.09 Å². The Morgan fingerprint density at radius 3 is 2.33 bits per heavy atom. The summed E-state index contributed by atoms with van der Waals surface area (Å²) in [5, 5.41) is 0. The zero-order valence-corrected chi connectivity index (χ0v) is 9.92. The topological polar surface area (TPSA) is 29.5 Å². The first kappa shape index (κ1) is 11.6. The molecule has 0 N–H and O–H groups in total. The molecule has 3 heteroatoms. The van der Waals surface area contributed by atoms with Crippen molar-refractivity contribution in [1.29, 1.82) is 0 Å². The first-order valence-electron chi connectivity index (χ1n) is 4.87. The summed E-state index contributed by atoms with van der Waals surface area (Å²) >= 11 is 0. The van der Waals surface area contributed by atoms with Gasteiger partial charge in [0.1, 0.15) is 0 Å². The van der Waals surface area contributed by atoms with Crippen LogP contribution in [-0.4, -0.2) is 20.3 Å². The molecule has 0 saturated carbocycles. The van der Waals surface area contributed by atoms with Crippen LogP contribution in [-0.2, 0) is 4.74 Å². The first-order valence-corrected chi connectivity index (χ1v) is 4.87. The van der Waals surface area contributed by atoms with E-state index in [0.717, 1.165) is 11.3 Å². The number of amides is 1. The second kappa shape index (κ2) is 4.34. The van der Waals surface area contributed by atoms with Crippen molar-refractivity contribution in [2.45, 2.75) is 20.8 Å². The minimum Gasteiger partial charge on any atom is -0.452 e. The largest absolute Gasteiger partial charge is 0.452 e. The normalized spacial score (nSPS) is 9.93. The number of carbonyl (C=O) groups excluding carboxylic acids is 1. The van der Waals surface area contributed by atoms with E-state index in [1.165, 1.54) is 23.1 Å². The number of anilines is 1. The van der Waals surface area contributed by atoms with Gasteiger partial charge < -0.3 is 4.74 Å². The van der Waals surface area contributed by atoms with Crippen molar-refractivity contribution in [3.8, 4) is 0 Å². The van der Waals surface area contributed by atoms with Crippen molar-refractivity contribution in [1.82, 2.24) is 0 Å². The lowest BCUT2D eigenvalue weighted by Crippen LogP contribution is -2.26. The van der Waals surface area contributed by atoms with Crippen molar-refractivity contribution in [2.24, 2.45) is 0 Å². The van der Waals surface area contributed by atoms with E-state index in [1.807, 2.05) is 19.1 Å². The van der Waals surface area contributed by atoms with Crippen LogP contribution in [0.2, 0.25) is 0 Å². The van der Waals surface area contributed by atoms with Gasteiger partial charge >= 0.3 is 6.09 Å². The van der Waals surface area contributed by atoms with Crippen molar-refractivity contribution >= 4 is 11.8 Å². The number of ether oxygens (including phenoxy) is 1. The average molecular weight is 207 g/mol. The molecular formula is C12H17NO2. The second-order valence-electron chi connectivity index (χ2n) is 3.68. The highest BCUT2D eigenvalue weighted by atomic mass is 16.5. The number of methoxy groups -OCH3 is 1. The number of hydrogen-bond donors (Lipinski definition) is 0. The Bertz CT molecular complexity index is 385. The van der Waals surface area contributed by atoms with Crippen LogP contribution in [0.3, 0.4) is 0 Å². The van der Waals surface area contributed by atoms with E-state index in [1.54, 1.807) is 7.05 Å². The smallest absolute Gasteiger partial charge is 0.413 e. The van der Waals surface area contributed by atoms with Crippen molar-refractivity contribution in [3.63, 3.8) is 0 Å². The van der Waals surface area contributed by atoms with Crippen LogP contribution in [0.4, 0.5) is 10.5 Å². The third-order valence-electron chi connectivity index (χ3n) is 2.84. The van der Waals surface area contributed by atoms with Gasteiger partial charge in [-0.15, -0.1) is 0 Å². The summed E-state index contributed by atoms with van der Waals surface area (Å²) in [6.07, 6.45) is -0.346. The molecule has 0 aliphatic rings. The Kier molecular flexibility index (Phi) is 3.35. The maximum atomic E-state index is 11.4. The van der Waals surface area contributed by atoms with Crippen LogP contribution < -0.4 is 4.90 Å².